The van der Waals surface area contributed by atoms with Crippen LogP contribution in [-0.2, 0) is 5.41 Å². The second-order valence-electron chi connectivity index (χ2n) is 18.1. The van der Waals surface area contributed by atoms with E-state index >= 15 is 0 Å². The zero-order valence-corrected chi connectivity index (χ0v) is 37.6. The van der Waals surface area contributed by atoms with Gasteiger partial charge in [-0.3, -0.25) is 0 Å². The Hall–Kier alpha value is -8.46. The first-order valence-corrected chi connectivity index (χ1v) is 23.3. The Kier molecular flexibility index (Phi) is 9.88. The van der Waals surface area contributed by atoms with Gasteiger partial charge < -0.3 is 9.80 Å². The van der Waals surface area contributed by atoms with Crippen molar-refractivity contribution in [2.24, 2.45) is 0 Å². The van der Waals surface area contributed by atoms with E-state index in [2.05, 4.69) is 278 Å². The Balaban J connectivity index is 0.960. The molecular formula is C65H48N2. The lowest BCUT2D eigenvalue weighted by Crippen LogP contribution is -2.16. The Labute approximate surface area is 393 Å². The summed E-state index contributed by atoms with van der Waals surface area (Å²) in [4.78, 5) is 4.84. The van der Waals surface area contributed by atoms with Crippen LogP contribution in [-0.4, -0.2) is 0 Å². The quantitative estimate of drug-likeness (QED) is 0.143. The van der Waals surface area contributed by atoms with Crippen molar-refractivity contribution in [2.75, 3.05) is 9.80 Å². The highest BCUT2D eigenvalue weighted by atomic mass is 15.1. The maximum absolute atomic E-state index is 2.49. The van der Waals surface area contributed by atoms with Gasteiger partial charge >= 0.3 is 0 Å². The molecule has 0 saturated heterocycles. The molecule has 1 aliphatic carbocycles. The summed E-state index contributed by atoms with van der Waals surface area (Å²) in [6.45, 7) is 4.73. The third kappa shape index (κ3) is 7.06. The van der Waals surface area contributed by atoms with E-state index < -0.39 is 0 Å². The first-order chi connectivity index (χ1) is 33.0. The molecule has 0 unspecified atom stereocenters. The van der Waals surface area contributed by atoms with Gasteiger partial charge in [0.1, 0.15) is 0 Å². The Morgan fingerprint density at radius 2 is 0.716 bits per heavy atom. The lowest BCUT2D eigenvalue weighted by molar-refractivity contribution is 0.660. The van der Waals surface area contributed by atoms with Crippen molar-refractivity contribution < 1.29 is 0 Å². The van der Waals surface area contributed by atoms with Crippen LogP contribution < -0.4 is 9.80 Å². The van der Waals surface area contributed by atoms with E-state index in [0.717, 1.165) is 34.1 Å². The minimum absolute atomic E-state index is 0.128. The fourth-order valence-corrected chi connectivity index (χ4v) is 10.5. The van der Waals surface area contributed by atoms with Gasteiger partial charge in [0.25, 0.3) is 0 Å². The molecule has 67 heavy (non-hydrogen) atoms. The summed E-state index contributed by atoms with van der Waals surface area (Å²) in [5, 5.41) is 4.83. The average molecular weight is 857 g/mol. The summed E-state index contributed by atoms with van der Waals surface area (Å²) in [6, 6.07) is 93.0. The summed E-state index contributed by atoms with van der Waals surface area (Å²) in [7, 11) is 0. The number of benzene rings is 11. The van der Waals surface area contributed by atoms with Crippen molar-refractivity contribution in [3.63, 3.8) is 0 Å². The molecule has 0 bridgehead atoms. The molecule has 0 amide bonds. The lowest BCUT2D eigenvalue weighted by Gasteiger charge is -2.30. The number of anilines is 6. The summed E-state index contributed by atoms with van der Waals surface area (Å²) < 4.78 is 0. The van der Waals surface area contributed by atoms with Crippen molar-refractivity contribution in [1.82, 2.24) is 0 Å². The van der Waals surface area contributed by atoms with Crippen LogP contribution in [0.1, 0.15) is 25.0 Å². The standard InChI is InChI=1S/C65H48N2/c1-65(2)61-26-14-13-24-58(61)59-41-40-54(44-62(59)65)67(63-27-15-21-49-20-9-10-22-56(49)63)64-43-42-55(57-23-11-12-25-60(57)64)50-32-38-53(39-33-50)66(51-34-28-47(29-35-51)45-16-5-3-6-17-45)52-36-30-48(31-37-52)46-18-7-4-8-19-46/h3-44H,1-2H3. The molecule has 0 aromatic heterocycles. The number of hydrogen-bond donors (Lipinski definition) is 0. The van der Waals surface area contributed by atoms with Gasteiger partial charge in [0.05, 0.1) is 11.4 Å². The van der Waals surface area contributed by atoms with E-state index in [4.69, 9.17) is 0 Å². The molecule has 0 saturated carbocycles. The normalized spacial score (nSPS) is 12.4. The first kappa shape index (κ1) is 40.1. The predicted octanol–water partition coefficient (Wildman–Crippen LogP) is 18.2. The molecule has 2 heteroatoms. The highest BCUT2D eigenvalue weighted by molar-refractivity contribution is 6.09. The Morgan fingerprint density at radius 3 is 1.36 bits per heavy atom. The average Bonchev–Trinajstić information content (AvgIpc) is 3.62. The number of nitrogens with zero attached hydrogens (tertiary/aromatic N) is 2. The zero-order chi connectivity index (χ0) is 44.9. The molecule has 0 fully saturated rings. The molecule has 11 aromatic rings. The van der Waals surface area contributed by atoms with Crippen molar-refractivity contribution in [3.05, 3.63) is 266 Å². The van der Waals surface area contributed by atoms with E-state index in [1.807, 2.05) is 0 Å². The molecule has 12 rings (SSSR count). The van der Waals surface area contributed by atoms with Gasteiger partial charge in [-0.25, -0.2) is 0 Å². The van der Waals surface area contributed by atoms with E-state index in [-0.39, 0.29) is 5.41 Å². The van der Waals surface area contributed by atoms with Gasteiger partial charge in [-0.1, -0.05) is 208 Å². The summed E-state index contributed by atoms with van der Waals surface area (Å²) in [6.07, 6.45) is 0. The summed E-state index contributed by atoms with van der Waals surface area (Å²) >= 11 is 0. The van der Waals surface area contributed by atoms with Gasteiger partial charge in [0, 0.05) is 38.9 Å². The van der Waals surface area contributed by atoms with E-state index in [1.165, 1.54) is 77.2 Å². The number of rotatable bonds is 9. The van der Waals surface area contributed by atoms with Crippen molar-refractivity contribution in [1.29, 1.82) is 0 Å². The second kappa shape index (κ2) is 16.5. The molecule has 0 atom stereocenters. The van der Waals surface area contributed by atoms with Gasteiger partial charge in [-0.05, 0) is 127 Å². The Bertz CT molecular complexity index is 3490. The third-order valence-electron chi connectivity index (χ3n) is 13.9. The molecule has 0 N–H and O–H groups in total. The minimum Gasteiger partial charge on any atom is -0.311 e. The van der Waals surface area contributed by atoms with Gasteiger partial charge in [-0.2, -0.15) is 0 Å². The van der Waals surface area contributed by atoms with Crippen LogP contribution in [0.25, 0.3) is 66.1 Å². The molecule has 1 aliphatic rings. The van der Waals surface area contributed by atoms with Gasteiger partial charge in [0.2, 0.25) is 0 Å². The van der Waals surface area contributed by atoms with Crippen LogP contribution >= 0.6 is 0 Å². The van der Waals surface area contributed by atoms with Crippen molar-refractivity contribution in [3.8, 4) is 44.5 Å². The van der Waals surface area contributed by atoms with Crippen LogP contribution in [0, 0.1) is 0 Å². The summed E-state index contributed by atoms with van der Waals surface area (Å²) in [5.74, 6) is 0. The van der Waals surface area contributed by atoms with Gasteiger partial charge in [-0.15, -0.1) is 0 Å². The first-order valence-electron chi connectivity index (χ1n) is 23.3. The van der Waals surface area contributed by atoms with E-state index in [9.17, 15) is 0 Å². The third-order valence-corrected chi connectivity index (χ3v) is 13.9. The lowest BCUT2D eigenvalue weighted by atomic mass is 9.82. The number of fused-ring (bicyclic) bond motifs is 5. The largest absolute Gasteiger partial charge is 0.311 e. The molecular weight excluding hydrogens is 809 g/mol. The van der Waals surface area contributed by atoms with Crippen molar-refractivity contribution >= 4 is 55.7 Å². The van der Waals surface area contributed by atoms with Crippen LogP contribution in [0.15, 0.2) is 255 Å². The van der Waals surface area contributed by atoms with Crippen LogP contribution in [0.3, 0.4) is 0 Å². The molecule has 0 heterocycles. The van der Waals surface area contributed by atoms with E-state index in [1.54, 1.807) is 0 Å². The molecule has 0 radical (unpaired) electrons. The monoisotopic (exact) mass is 856 g/mol. The smallest absolute Gasteiger partial charge is 0.0540 e. The van der Waals surface area contributed by atoms with Crippen molar-refractivity contribution in [2.45, 2.75) is 19.3 Å². The Morgan fingerprint density at radius 1 is 0.269 bits per heavy atom. The minimum atomic E-state index is -0.128. The molecule has 0 aliphatic heterocycles. The SMILES string of the molecule is CC1(C)c2ccccc2-c2ccc(N(c3cccc4ccccc34)c3ccc(-c4ccc(N(c5ccc(-c6ccccc6)cc5)c5ccc(-c6ccccc6)cc5)cc4)c4ccccc34)cc21. The fraction of sp³-hybridized carbons (Fsp3) is 0.0462. The van der Waals surface area contributed by atoms with Crippen LogP contribution in [0.5, 0.6) is 0 Å². The van der Waals surface area contributed by atoms with Gasteiger partial charge in [0.15, 0.2) is 0 Å². The second-order valence-corrected chi connectivity index (χ2v) is 18.1. The predicted molar refractivity (Wildman–Crippen MR) is 285 cm³/mol. The summed E-state index contributed by atoms with van der Waals surface area (Å²) in [5.41, 5.74) is 19.1. The molecule has 0 spiro atoms. The molecule has 11 aromatic carbocycles. The molecule has 318 valence electrons. The highest BCUT2D eigenvalue weighted by Crippen LogP contribution is 2.52. The molecule has 2 nitrogen and oxygen atoms in total. The number of hydrogen-bond acceptors (Lipinski definition) is 2. The maximum Gasteiger partial charge on any atom is 0.0540 e. The maximum atomic E-state index is 2.49. The van der Waals surface area contributed by atoms with Crippen LogP contribution in [0.2, 0.25) is 0 Å². The zero-order valence-electron chi connectivity index (χ0n) is 37.6. The van der Waals surface area contributed by atoms with Crippen LogP contribution in [0.4, 0.5) is 34.1 Å². The van der Waals surface area contributed by atoms with E-state index in [0.29, 0.717) is 0 Å². The topological polar surface area (TPSA) is 6.48 Å². The fourth-order valence-electron chi connectivity index (χ4n) is 10.5. The highest BCUT2D eigenvalue weighted by Gasteiger charge is 2.36.